The van der Waals surface area contributed by atoms with E-state index in [4.69, 9.17) is 13.9 Å². The zero-order chi connectivity index (χ0) is 21.6. The van der Waals surface area contributed by atoms with Crippen LogP contribution < -0.4 is 14.8 Å². The summed E-state index contributed by atoms with van der Waals surface area (Å²) in [6, 6.07) is 13.9. The van der Waals surface area contributed by atoms with Crippen LogP contribution in [-0.4, -0.2) is 44.7 Å². The molecule has 0 bridgehead atoms. The van der Waals surface area contributed by atoms with E-state index in [1.807, 2.05) is 30.3 Å². The Hall–Kier alpha value is -2.99. The van der Waals surface area contributed by atoms with Crippen molar-refractivity contribution in [3.63, 3.8) is 0 Å². The van der Waals surface area contributed by atoms with Crippen LogP contribution in [0.4, 0.5) is 0 Å². The number of benzene rings is 2. The largest absolute Gasteiger partial charge is 0.497 e. The van der Waals surface area contributed by atoms with Crippen molar-refractivity contribution in [3.8, 4) is 11.5 Å². The Labute approximate surface area is 183 Å². The molecule has 1 aromatic heterocycles. The molecule has 6 heteroatoms. The number of nitrogens with zero attached hydrogens (tertiary/aromatic N) is 1. The third-order valence-electron chi connectivity index (χ3n) is 6.07. The van der Waals surface area contributed by atoms with Crippen molar-refractivity contribution in [2.45, 2.75) is 25.8 Å². The fourth-order valence-corrected chi connectivity index (χ4v) is 4.16. The molecule has 0 radical (unpaired) electrons. The van der Waals surface area contributed by atoms with E-state index in [-0.39, 0.29) is 5.91 Å². The molecule has 6 nitrogen and oxygen atoms in total. The number of fused-ring (bicyclic) bond motifs is 1. The summed E-state index contributed by atoms with van der Waals surface area (Å²) in [5, 5.41) is 4.08. The van der Waals surface area contributed by atoms with Gasteiger partial charge >= 0.3 is 0 Å². The van der Waals surface area contributed by atoms with Gasteiger partial charge < -0.3 is 19.2 Å². The monoisotopic (exact) mass is 422 g/mol. The molecule has 1 amide bonds. The van der Waals surface area contributed by atoms with E-state index in [0.29, 0.717) is 12.3 Å². The van der Waals surface area contributed by atoms with Crippen LogP contribution in [0.3, 0.4) is 0 Å². The highest BCUT2D eigenvalue weighted by molar-refractivity contribution is 5.88. The van der Waals surface area contributed by atoms with Gasteiger partial charge in [0, 0.05) is 30.1 Å². The number of rotatable bonds is 8. The Kier molecular flexibility index (Phi) is 6.77. The Morgan fingerprint density at radius 1 is 1.06 bits per heavy atom. The molecule has 1 aliphatic rings. The molecule has 0 unspecified atom stereocenters. The van der Waals surface area contributed by atoms with E-state index in [1.165, 1.54) is 5.56 Å². The molecular formula is C25H30N2O4. The molecular weight excluding hydrogens is 392 g/mol. The Morgan fingerprint density at radius 2 is 1.77 bits per heavy atom. The normalized spacial score (nSPS) is 15.2. The molecule has 4 rings (SSSR count). The van der Waals surface area contributed by atoms with Crippen molar-refractivity contribution in [2.75, 3.05) is 33.9 Å². The second-order valence-corrected chi connectivity index (χ2v) is 8.17. The minimum Gasteiger partial charge on any atom is -0.497 e. The molecule has 164 valence electrons. The van der Waals surface area contributed by atoms with E-state index in [1.54, 1.807) is 20.5 Å². The van der Waals surface area contributed by atoms with Crippen molar-refractivity contribution in [1.29, 1.82) is 0 Å². The number of piperidine rings is 1. The van der Waals surface area contributed by atoms with Crippen LogP contribution in [0.2, 0.25) is 0 Å². The Balaban J connectivity index is 1.21. The lowest BCUT2D eigenvalue weighted by Gasteiger charge is -2.32. The molecule has 0 saturated carbocycles. The van der Waals surface area contributed by atoms with Crippen molar-refractivity contribution >= 4 is 16.9 Å². The van der Waals surface area contributed by atoms with Crippen LogP contribution in [0.1, 0.15) is 24.0 Å². The summed E-state index contributed by atoms with van der Waals surface area (Å²) in [6.45, 7) is 3.81. The number of hydrogen-bond donors (Lipinski definition) is 1. The maximum atomic E-state index is 12.5. The quantitative estimate of drug-likeness (QED) is 0.594. The summed E-state index contributed by atoms with van der Waals surface area (Å²) in [7, 11) is 3.31. The lowest BCUT2D eigenvalue weighted by atomic mass is 9.96. The summed E-state index contributed by atoms with van der Waals surface area (Å²) in [4.78, 5) is 15.0. The molecule has 0 atom stereocenters. The lowest BCUT2D eigenvalue weighted by Crippen LogP contribution is -2.38. The first-order chi connectivity index (χ1) is 15.1. The van der Waals surface area contributed by atoms with Crippen LogP contribution in [0.5, 0.6) is 11.5 Å². The smallest absolute Gasteiger partial charge is 0.224 e. The van der Waals surface area contributed by atoms with Crippen molar-refractivity contribution < 1.29 is 18.7 Å². The molecule has 1 saturated heterocycles. The summed E-state index contributed by atoms with van der Waals surface area (Å²) in [5.74, 6) is 2.21. The van der Waals surface area contributed by atoms with E-state index >= 15 is 0 Å². The van der Waals surface area contributed by atoms with Gasteiger partial charge in [-0.3, -0.25) is 9.69 Å². The number of nitrogens with one attached hydrogen (secondary N) is 1. The first-order valence-corrected chi connectivity index (χ1v) is 10.8. The number of carbonyl (C=O) groups excluding carboxylic acids is 1. The second kappa shape index (κ2) is 9.88. The highest BCUT2D eigenvalue weighted by Gasteiger charge is 2.20. The number of carbonyl (C=O) groups is 1. The van der Waals surface area contributed by atoms with Crippen LogP contribution >= 0.6 is 0 Å². The number of hydrogen-bond acceptors (Lipinski definition) is 5. The molecule has 1 fully saturated rings. The summed E-state index contributed by atoms with van der Waals surface area (Å²) >= 11 is 0. The van der Waals surface area contributed by atoms with Crippen LogP contribution in [-0.2, 0) is 17.8 Å². The van der Waals surface area contributed by atoms with E-state index < -0.39 is 0 Å². The molecule has 1 N–H and O–H groups in total. The van der Waals surface area contributed by atoms with E-state index in [9.17, 15) is 4.79 Å². The fourth-order valence-electron chi connectivity index (χ4n) is 4.16. The Morgan fingerprint density at radius 3 is 2.48 bits per heavy atom. The van der Waals surface area contributed by atoms with Crippen LogP contribution in [0.25, 0.3) is 11.0 Å². The number of furan rings is 1. The van der Waals surface area contributed by atoms with Gasteiger partial charge in [-0.1, -0.05) is 12.1 Å². The zero-order valence-electron chi connectivity index (χ0n) is 18.2. The molecule has 2 heterocycles. The Bertz CT molecular complexity index is 1000. The number of likely N-dealkylation sites (tertiary alicyclic amines) is 1. The predicted octanol–water partition coefficient (Wildman–Crippen LogP) is 4.02. The summed E-state index contributed by atoms with van der Waals surface area (Å²) in [6.07, 6.45) is 4.20. The van der Waals surface area contributed by atoms with Gasteiger partial charge in [-0.2, -0.15) is 0 Å². The van der Waals surface area contributed by atoms with Crippen LogP contribution in [0, 0.1) is 5.92 Å². The molecule has 1 aliphatic heterocycles. The molecule has 2 aromatic carbocycles. The average Bonchev–Trinajstić information content (AvgIpc) is 3.21. The third kappa shape index (κ3) is 5.39. The SMILES string of the molecule is COc1ccc(CN2CCC(CNC(=O)Cc3coc4cc(OC)ccc34)CC2)cc1. The topological polar surface area (TPSA) is 63.9 Å². The first kappa shape index (κ1) is 21.2. The van der Waals surface area contributed by atoms with Gasteiger partial charge in [0.1, 0.15) is 17.1 Å². The van der Waals surface area contributed by atoms with Gasteiger partial charge in [0.05, 0.1) is 26.9 Å². The average molecular weight is 423 g/mol. The number of methoxy groups -OCH3 is 2. The minimum atomic E-state index is 0.0409. The van der Waals surface area contributed by atoms with Gasteiger partial charge in [-0.25, -0.2) is 0 Å². The number of ether oxygens (including phenoxy) is 2. The van der Waals surface area contributed by atoms with Gasteiger partial charge in [0.25, 0.3) is 0 Å². The van der Waals surface area contributed by atoms with E-state index in [2.05, 4.69) is 22.3 Å². The van der Waals surface area contributed by atoms with Gasteiger partial charge in [0.15, 0.2) is 0 Å². The second-order valence-electron chi connectivity index (χ2n) is 8.17. The maximum absolute atomic E-state index is 12.5. The first-order valence-electron chi connectivity index (χ1n) is 10.8. The van der Waals surface area contributed by atoms with Crippen molar-refractivity contribution in [2.24, 2.45) is 5.92 Å². The zero-order valence-corrected chi connectivity index (χ0v) is 18.2. The molecule has 0 aliphatic carbocycles. The van der Waals surface area contributed by atoms with Crippen LogP contribution in [0.15, 0.2) is 53.1 Å². The van der Waals surface area contributed by atoms with Gasteiger partial charge in [-0.05, 0) is 61.7 Å². The highest BCUT2D eigenvalue weighted by atomic mass is 16.5. The predicted molar refractivity (Wildman–Crippen MR) is 120 cm³/mol. The summed E-state index contributed by atoms with van der Waals surface area (Å²) < 4.78 is 16.0. The minimum absolute atomic E-state index is 0.0409. The summed E-state index contributed by atoms with van der Waals surface area (Å²) in [5.41, 5.74) is 2.95. The van der Waals surface area contributed by atoms with E-state index in [0.717, 1.165) is 67.1 Å². The fraction of sp³-hybridized carbons (Fsp3) is 0.400. The maximum Gasteiger partial charge on any atom is 0.224 e. The van der Waals surface area contributed by atoms with Crippen molar-refractivity contribution in [1.82, 2.24) is 10.2 Å². The molecule has 0 spiro atoms. The highest BCUT2D eigenvalue weighted by Crippen LogP contribution is 2.26. The van der Waals surface area contributed by atoms with Crippen molar-refractivity contribution in [3.05, 3.63) is 59.9 Å². The molecule has 3 aromatic rings. The molecule has 31 heavy (non-hydrogen) atoms. The van der Waals surface area contributed by atoms with Gasteiger partial charge in [-0.15, -0.1) is 0 Å². The standard InChI is InChI=1S/C25H30N2O4/c1-29-21-5-3-19(4-6-21)16-27-11-9-18(10-12-27)15-26-25(28)13-20-17-31-24-14-22(30-2)7-8-23(20)24/h3-8,14,17-18H,9-13,15-16H2,1-2H3,(H,26,28). The number of amides is 1. The lowest BCUT2D eigenvalue weighted by molar-refractivity contribution is -0.120. The van der Waals surface area contributed by atoms with Gasteiger partial charge in [0.2, 0.25) is 5.91 Å². The third-order valence-corrected chi connectivity index (χ3v) is 6.07.